The van der Waals surface area contributed by atoms with E-state index in [-0.39, 0.29) is 29.2 Å². The van der Waals surface area contributed by atoms with Crippen LogP contribution >= 0.6 is 23.2 Å². The van der Waals surface area contributed by atoms with Gasteiger partial charge in [0, 0.05) is 44.0 Å². The molecule has 0 bridgehead atoms. The predicted molar refractivity (Wildman–Crippen MR) is 123 cm³/mol. The summed E-state index contributed by atoms with van der Waals surface area (Å²) >= 11 is 12.2. The molecule has 2 aliphatic heterocycles. The highest BCUT2D eigenvalue weighted by atomic mass is 35.5. The second-order valence-electron chi connectivity index (χ2n) is 8.42. The number of sulfone groups is 1. The molecule has 2 fully saturated rings. The highest BCUT2D eigenvalue weighted by Gasteiger charge is 2.37. The third-order valence-corrected chi connectivity index (χ3v) is 7.86. The number of amides is 1. The Hall–Kier alpha value is -1.90. The first-order chi connectivity index (χ1) is 15.1. The number of likely N-dealkylation sites (tertiary alicyclic amines) is 1. The van der Waals surface area contributed by atoms with Crippen molar-refractivity contribution in [2.75, 3.05) is 30.8 Å². The van der Waals surface area contributed by atoms with Crippen molar-refractivity contribution < 1.29 is 17.6 Å². The number of carbonyl (C=O) groups is 1. The van der Waals surface area contributed by atoms with Gasteiger partial charge in [0.15, 0.2) is 9.84 Å². The van der Waals surface area contributed by atoms with Crippen LogP contribution in [0.4, 0.5) is 10.2 Å². The number of anilines is 1. The first-order valence-electron chi connectivity index (χ1n) is 10.5. The zero-order valence-corrected chi connectivity index (χ0v) is 19.9. The molecule has 1 aromatic carbocycles. The molecule has 2 aliphatic rings. The molecule has 32 heavy (non-hydrogen) atoms. The fourth-order valence-corrected chi connectivity index (χ4v) is 5.67. The number of pyridine rings is 1. The van der Waals surface area contributed by atoms with Gasteiger partial charge < -0.3 is 9.80 Å². The number of aromatic nitrogens is 1. The molecule has 1 amide bonds. The van der Waals surface area contributed by atoms with Crippen LogP contribution in [-0.2, 0) is 21.1 Å². The van der Waals surface area contributed by atoms with Gasteiger partial charge in [0.05, 0.1) is 14.9 Å². The van der Waals surface area contributed by atoms with E-state index in [2.05, 4.69) is 9.88 Å². The molecule has 172 valence electrons. The van der Waals surface area contributed by atoms with Crippen molar-refractivity contribution >= 4 is 44.8 Å². The Morgan fingerprint density at radius 3 is 2.47 bits per heavy atom. The zero-order chi connectivity index (χ0) is 23.0. The number of carbonyl (C=O) groups excluding carboxylic acids is 1. The highest BCUT2D eigenvalue weighted by Crippen LogP contribution is 2.32. The molecule has 1 aromatic heterocycles. The minimum atomic E-state index is -3.47. The quantitative estimate of drug-likeness (QED) is 0.621. The first-order valence-corrected chi connectivity index (χ1v) is 13.1. The van der Waals surface area contributed by atoms with Gasteiger partial charge in [0.1, 0.15) is 11.6 Å². The van der Waals surface area contributed by atoms with E-state index in [1.54, 1.807) is 12.3 Å². The standard InChI is InChI=1S/C22H24Cl2FN3O3S/c1-32(30,31)18-3-2-14(20(25)12-18)10-15-4-9-28(22(15)29)17-5-7-27(8-6-17)21-19(24)11-16(23)13-26-21/h2-3,11-13,15,17H,4-10H2,1H3/t15-/m1/s1. The van der Waals surface area contributed by atoms with E-state index >= 15 is 0 Å². The van der Waals surface area contributed by atoms with Crippen molar-refractivity contribution in [1.82, 2.24) is 9.88 Å². The van der Waals surface area contributed by atoms with Crippen molar-refractivity contribution in [3.8, 4) is 0 Å². The monoisotopic (exact) mass is 499 g/mol. The summed E-state index contributed by atoms with van der Waals surface area (Å²) in [5, 5.41) is 1.00. The molecule has 0 aliphatic carbocycles. The van der Waals surface area contributed by atoms with E-state index in [1.807, 2.05) is 4.90 Å². The maximum Gasteiger partial charge on any atom is 0.226 e. The lowest BCUT2D eigenvalue weighted by molar-refractivity contribution is -0.133. The SMILES string of the molecule is CS(=O)(=O)c1ccc(C[C@H]2CCN(C3CCN(c4ncc(Cl)cc4Cl)CC3)C2=O)c(F)c1. The molecule has 0 radical (unpaired) electrons. The summed E-state index contributed by atoms with van der Waals surface area (Å²) in [7, 11) is -3.47. The summed E-state index contributed by atoms with van der Waals surface area (Å²) in [4.78, 5) is 21.3. The summed E-state index contributed by atoms with van der Waals surface area (Å²) in [5.74, 6) is -0.135. The van der Waals surface area contributed by atoms with E-state index in [9.17, 15) is 17.6 Å². The zero-order valence-electron chi connectivity index (χ0n) is 17.6. The van der Waals surface area contributed by atoms with Gasteiger partial charge in [0.2, 0.25) is 5.91 Å². The third-order valence-electron chi connectivity index (χ3n) is 6.26. The van der Waals surface area contributed by atoms with E-state index < -0.39 is 15.7 Å². The van der Waals surface area contributed by atoms with Gasteiger partial charge in [0.25, 0.3) is 0 Å². The Balaban J connectivity index is 1.37. The first kappa shape index (κ1) is 23.3. The van der Waals surface area contributed by atoms with Crippen molar-refractivity contribution in [2.24, 2.45) is 5.92 Å². The smallest absolute Gasteiger partial charge is 0.226 e. The fourth-order valence-electron chi connectivity index (χ4n) is 4.53. The average molecular weight is 500 g/mol. The van der Waals surface area contributed by atoms with Crippen LogP contribution in [0, 0.1) is 11.7 Å². The van der Waals surface area contributed by atoms with Crippen LogP contribution in [0.25, 0.3) is 0 Å². The van der Waals surface area contributed by atoms with E-state index in [0.717, 1.165) is 38.3 Å². The largest absolute Gasteiger partial charge is 0.355 e. The Kier molecular flexibility index (Phi) is 6.66. The number of rotatable bonds is 5. The topological polar surface area (TPSA) is 70.6 Å². The van der Waals surface area contributed by atoms with Crippen LogP contribution in [0.1, 0.15) is 24.8 Å². The van der Waals surface area contributed by atoms with Crippen LogP contribution in [-0.4, -0.2) is 56.1 Å². The van der Waals surface area contributed by atoms with Crippen LogP contribution in [0.2, 0.25) is 10.0 Å². The summed E-state index contributed by atoms with van der Waals surface area (Å²) in [6.45, 7) is 2.11. The molecule has 3 heterocycles. The average Bonchev–Trinajstić information content (AvgIpc) is 3.09. The predicted octanol–water partition coefficient (Wildman–Crippen LogP) is 3.99. The molecule has 0 N–H and O–H groups in total. The molecular formula is C22H24Cl2FN3O3S. The molecule has 2 aromatic rings. The van der Waals surface area contributed by atoms with Crippen LogP contribution in [0.15, 0.2) is 35.4 Å². The number of halogens is 3. The van der Waals surface area contributed by atoms with Gasteiger partial charge in [-0.2, -0.15) is 0 Å². The number of piperidine rings is 1. The van der Waals surface area contributed by atoms with Crippen molar-refractivity contribution in [3.63, 3.8) is 0 Å². The number of nitrogens with zero attached hydrogens (tertiary/aromatic N) is 3. The van der Waals surface area contributed by atoms with E-state index in [0.29, 0.717) is 34.4 Å². The van der Waals surface area contributed by atoms with Gasteiger partial charge in [-0.25, -0.2) is 17.8 Å². The van der Waals surface area contributed by atoms with Crippen molar-refractivity contribution in [1.29, 1.82) is 0 Å². The molecule has 0 unspecified atom stereocenters. The van der Waals surface area contributed by atoms with Gasteiger partial charge in [-0.15, -0.1) is 0 Å². The van der Waals surface area contributed by atoms with Gasteiger partial charge >= 0.3 is 0 Å². The number of benzene rings is 1. The fraction of sp³-hybridized carbons (Fsp3) is 0.455. The lowest BCUT2D eigenvalue weighted by Gasteiger charge is -2.37. The van der Waals surface area contributed by atoms with E-state index in [4.69, 9.17) is 23.2 Å². The Labute approximate surface area is 197 Å². The Morgan fingerprint density at radius 2 is 1.84 bits per heavy atom. The van der Waals surface area contributed by atoms with E-state index in [1.165, 1.54) is 12.1 Å². The Bertz CT molecular complexity index is 1140. The molecule has 6 nitrogen and oxygen atoms in total. The van der Waals surface area contributed by atoms with Crippen LogP contribution in [0.5, 0.6) is 0 Å². The minimum absolute atomic E-state index is 0.0395. The summed E-state index contributed by atoms with van der Waals surface area (Å²) < 4.78 is 37.7. The molecule has 10 heteroatoms. The molecular weight excluding hydrogens is 476 g/mol. The lowest BCUT2D eigenvalue weighted by Crippen LogP contribution is -2.46. The number of hydrogen-bond acceptors (Lipinski definition) is 5. The second kappa shape index (κ2) is 9.15. The summed E-state index contributed by atoms with van der Waals surface area (Å²) in [6, 6.07) is 5.72. The summed E-state index contributed by atoms with van der Waals surface area (Å²) in [5.41, 5.74) is 0.371. The molecule has 0 saturated carbocycles. The molecule has 0 spiro atoms. The second-order valence-corrected chi connectivity index (χ2v) is 11.3. The summed E-state index contributed by atoms with van der Waals surface area (Å²) in [6.07, 6.45) is 5.16. The maximum atomic E-state index is 14.5. The minimum Gasteiger partial charge on any atom is -0.355 e. The third kappa shape index (κ3) is 4.87. The van der Waals surface area contributed by atoms with Crippen LogP contribution in [0.3, 0.4) is 0 Å². The highest BCUT2D eigenvalue weighted by molar-refractivity contribution is 7.90. The van der Waals surface area contributed by atoms with Crippen molar-refractivity contribution in [3.05, 3.63) is 51.9 Å². The normalized spacial score (nSPS) is 20.2. The van der Waals surface area contributed by atoms with Gasteiger partial charge in [-0.3, -0.25) is 4.79 Å². The van der Waals surface area contributed by atoms with Gasteiger partial charge in [-0.05, 0) is 49.4 Å². The molecule has 1 atom stereocenters. The number of hydrogen-bond donors (Lipinski definition) is 0. The van der Waals surface area contributed by atoms with Gasteiger partial charge in [-0.1, -0.05) is 29.3 Å². The van der Waals surface area contributed by atoms with Crippen LogP contribution < -0.4 is 4.90 Å². The maximum absolute atomic E-state index is 14.5. The lowest BCUT2D eigenvalue weighted by atomic mass is 9.97. The molecule has 4 rings (SSSR count). The Morgan fingerprint density at radius 1 is 1.12 bits per heavy atom. The van der Waals surface area contributed by atoms with Crippen molar-refractivity contribution in [2.45, 2.75) is 36.6 Å². The molecule has 2 saturated heterocycles.